The molecule has 0 unspecified atom stereocenters. The Hall–Kier alpha value is -0.740. The summed E-state index contributed by atoms with van der Waals surface area (Å²) in [5.74, 6) is -0.171. The van der Waals surface area contributed by atoms with E-state index < -0.39 is 5.54 Å². The van der Waals surface area contributed by atoms with E-state index in [2.05, 4.69) is 21.2 Å². The number of carbonyl (C=O) groups is 1. The maximum absolute atomic E-state index is 12.4. The second-order valence-corrected chi connectivity index (χ2v) is 6.86. The van der Waals surface area contributed by atoms with Gasteiger partial charge in [0.2, 0.25) is 0 Å². The molecule has 0 radical (unpaired) electrons. The second-order valence-electron chi connectivity index (χ2n) is 5.60. The molecule has 0 spiro atoms. The zero-order valence-electron chi connectivity index (χ0n) is 12.3. The summed E-state index contributed by atoms with van der Waals surface area (Å²) < 4.78 is 5.90. The predicted octanol–water partition coefficient (Wildman–Crippen LogP) is 5.17. The molecular weight excluding hydrogens is 354 g/mol. The van der Waals surface area contributed by atoms with Gasteiger partial charge in [-0.05, 0) is 47.0 Å². The highest BCUT2D eigenvalue weighted by atomic mass is 79.9. The Morgan fingerprint density at radius 3 is 2.43 bits per heavy atom. The molecular formula is C16H21BrClNO2. The van der Waals surface area contributed by atoms with Crippen molar-refractivity contribution in [1.29, 1.82) is 0 Å². The third-order valence-corrected chi connectivity index (χ3v) is 5.30. The number of esters is 1. The number of benzene rings is 1. The first-order valence-corrected chi connectivity index (χ1v) is 8.56. The van der Waals surface area contributed by atoms with Gasteiger partial charge < -0.3 is 10.1 Å². The third kappa shape index (κ3) is 4.13. The minimum Gasteiger partial charge on any atom is -0.467 e. The fourth-order valence-corrected chi connectivity index (χ4v) is 3.43. The molecule has 0 heterocycles. The first-order valence-electron chi connectivity index (χ1n) is 7.39. The molecule has 2 rings (SSSR count). The van der Waals surface area contributed by atoms with Crippen LogP contribution in [0.3, 0.4) is 0 Å². The number of anilines is 1. The molecule has 1 N–H and O–H groups in total. The van der Waals surface area contributed by atoms with Gasteiger partial charge in [0, 0.05) is 10.2 Å². The maximum Gasteiger partial charge on any atom is 0.331 e. The van der Waals surface area contributed by atoms with Gasteiger partial charge in [-0.1, -0.05) is 43.7 Å². The second kappa shape index (κ2) is 7.50. The molecule has 21 heavy (non-hydrogen) atoms. The molecule has 1 aliphatic carbocycles. The topological polar surface area (TPSA) is 38.3 Å². The number of ether oxygens (including phenoxy) is 1. The van der Waals surface area contributed by atoms with Crippen molar-refractivity contribution in [1.82, 2.24) is 0 Å². The fraction of sp³-hybridized carbons (Fsp3) is 0.562. The fourth-order valence-electron chi connectivity index (χ4n) is 2.93. The largest absolute Gasteiger partial charge is 0.467 e. The average molecular weight is 375 g/mol. The normalized spacial score (nSPS) is 18.4. The van der Waals surface area contributed by atoms with E-state index in [1.807, 2.05) is 18.2 Å². The van der Waals surface area contributed by atoms with E-state index in [1.165, 1.54) is 26.4 Å². The van der Waals surface area contributed by atoms with Crippen molar-refractivity contribution in [2.45, 2.75) is 50.5 Å². The predicted molar refractivity (Wildman–Crippen MR) is 89.8 cm³/mol. The molecule has 1 aromatic carbocycles. The SMILES string of the molecule is COC(=O)C1(Nc2ccc(Cl)c(Br)c2)CCCCCCC1. The molecule has 0 saturated heterocycles. The maximum atomic E-state index is 12.4. The van der Waals surface area contributed by atoms with E-state index in [1.54, 1.807) is 0 Å². The summed E-state index contributed by atoms with van der Waals surface area (Å²) in [6.07, 6.45) is 7.28. The lowest BCUT2D eigenvalue weighted by Crippen LogP contribution is -2.47. The van der Waals surface area contributed by atoms with Gasteiger partial charge in [0.1, 0.15) is 5.54 Å². The van der Waals surface area contributed by atoms with Crippen LogP contribution in [0.5, 0.6) is 0 Å². The number of hydrogen-bond acceptors (Lipinski definition) is 3. The molecule has 0 atom stereocenters. The zero-order valence-corrected chi connectivity index (χ0v) is 14.6. The van der Waals surface area contributed by atoms with E-state index in [9.17, 15) is 4.79 Å². The number of nitrogens with one attached hydrogen (secondary N) is 1. The highest BCUT2D eigenvalue weighted by Gasteiger charge is 2.39. The number of methoxy groups -OCH3 is 1. The van der Waals surface area contributed by atoms with E-state index in [-0.39, 0.29) is 5.97 Å². The molecule has 1 aliphatic rings. The van der Waals surface area contributed by atoms with Crippen molar-refractivity contribution < 1.29 is 9.53 Å². The third-order valence-electron chi connectivity index (χ3n) is 4.09. The summed E-state index contributed by atoms with van der Waals surface area (Å²) in [5.41, 5.74) is 0.264. The molecule has 3 nitrogen and oxygen atoms in total. The van der Waals surface area contributed by atoms with Crippen molar-refractivity contribution in [3.63, 3.8) is 0 Å². The van der Waals surface area contributed by atoms with E-state index >= 15 is 0 Å². The van der Waals surface area contributed by atoms with Gasteiger partial charge in [-0.2, -0.15) is 0 Å². The zero-order chi connectivity index (χ0) is 15.3. The molecule has 0 bridgehead atoms. The summed E-state index contributed by atoms with van der Waals surface area (Å²) in [6, 6.07) is 5.63. The molecule has 0 aliphatic heterocycles. The van der Waals surface area contributed by atoms with Crippen LogP contribution in [0.4, 0.5) is 5.69 Å². The average Bonchev–Trinajstić information content (AvgIpc) is 2.45. The summed E-state index contributed by atoms with van der Waals surface area (Å²) in [5, 5.41) is 4.08. The van der Waals surface area contributed by atoms with E-state index in [0.717, 1.165) is 35.8 Å². The van der Waals surface area contributed by atoms with E-state index in [0.29, 0.717) is 5.02 Å². The monoisotopic (exact) mass is 373 g/mol. The molecule has 1 fully saturated rings. The van der Waals surface area contributed by atoms with Crippen LogP contribution in [-0.4, -0.2) is 18.6 Å². The summed E-state index contributed by atoms with van der Waals surface area (Å²) in [6.45, 7) is 0. The van der Waals surface area contributed by atoms with Gasteiger partial charge in [-0.15, -0.1) is 0 Å². The minimum absolute atomic E-state index is 0.171. The Balaban J connectivity index is 2.25. The quantitative estimate of drug-likeness (QED) is 0.742. The van der Waals surface area contributed by atoms with Crippen LogP contribution in [-0.2, 0) is 9.53 Å². The Morgan fingerprint density at radius 2 is 1.86 bits per heavy atom. The highest BCUT2D eigenvalue weighted by molar-refractivity contribution is 9.10. The summed E-state index contributed by atoms with van der Waals surface area (Å²) >= 11 is 9.45. The molecule has 1 aromatic rings. The van der Waals surface area contributed by atoms with Crippen LogP contribution >= 0.6 is 27.5 Å². The van der Waals surface area contributed by atoms with Crippen molar-refractivity contribution in [2.75, 3.05) is 12.4 Å². The van der Waals surface area contributed by atoms with Gasteiger partial charge >= 0.3 is 5.97 Å². The first kappa shape index (κ1) is 16.6. The van der Waals surface area contributed by atoms with Gasteiger partial charge in [0.15, 0.2) is 0 Å². The summed E-state index contributed by atoms with van der Waals surface area (Å²) in [7, 11) is 1.46. The van der Waals surface area contributed by atoms with Gasteiger partial charge in [-0.25, -0.2) is 4.79 Å². The van der Waals surface area contributed by atoms with Crippen LogP contribution in [0.25, 0.3) is 0 Å². The van der Waals surface area contributed by atoms with Crippen LogP contribution in [0, 0.1) is 0 Å². The van der Waals surface area contributed by atoms with Crippen molar-refractivity contribution in [3.05, 3.63) is 27.7 Å². The Bertz CT molecular complexity index is 499. The van der Waals surface area contributed by atoms with Gasteiger partial charge in [0.05, 0.1) is 12.1 Å². The highest BCUT2D eigenvalue weighted by Crippen LogP contribution is 2.33. The lowest BCUT2D eigenvalue weighted by molar-refractivity contribution is -0.146. The molecule has 0 aromatic heterocycles. The molecule has 0 amide bonds. The van der Waals surface area contributed by atoms with Crippen LogP contribution in [0.1, 0.15) is 44.9 Å². The number of rotatable bonds is 3. The standard InChI is InChI=1S/C16H21BrClNO2/c1-21-15(20)16(9-5-3-2-4-6-10-16)19-12-7-8-14(18)13(17)11-12/h7-8,11,19H,2-6,9-10H2,1H3. The first-order chi connectivity index (χ1) is 10.1. The molecule has 1 saturated carbocycles. The van der Waals surface area contributed by atoms with Crippen LogP contribution in [0.2, 0.25) is 5.02 Å². The number of carbonyl (C=O) groups excluding carboxylic acids is 1. The van der Waals surface area contributed by atoms with E-state index in [4.69, 9.17) is 16.3 Å². The molecule has 116 valence electrons. The van der Waals surface area contributed by atoms with Gasteiger partial charge in [-0.3, -0.25) is 0 Å². The minimum atomic E-state index is -0.623. The Kier molecular flexibility index (Phi) is 5.94. The van der Waals surface area contributed by atoms with Gasteiger partial charge in [0.25, 0.3) is 0 Å². The number of hydrogen-bond donors (Lipinski definition) is 1. The molecule has 5 heteroatoms. The number of halogens is 2. The lowest BCUT2D eigenvalue weighted by Gasteiger charge is -2.34. The lowest BCUT2D eigenvalue weighted by atomic mass is 9.83. The Morgan fingerprint density at radius 1 is 1.24 bits per heavy atom. The smallest absolute Gasteiger partial charge is 0.331 e. The van der Waals surface area contributed by atoms with Crippen LogP contribution in [0.15, 0.2) is 22.7 Å². The van der Waals surface area contributed by atoms with Crippen molar-refractivity contribution in [3.8, 4) is 0 Å². The Labute approximate surface area is 139 Å². The summed E-state index contributed by atoms with van der Waals surface area (Å²) in [4.78, 5) is 12.4. The van der Waals surface area contributed by atoms with Crippen molar-refractivity contribution >= 4 is 39.2 Å². The van der Waals surface area contributed by atoms with Crippen molar-refractivity contribution in [2.24, 2.45) is 0 Å². The van der Waals surface area contributed by atoms with Crippen LogP contribution < -0.4 is 5.32 Å².